The second kappa shape index (κ2) is 5.91. The molecule has 0 aliphatic carbocycles. The van der Waals surface area contributed by atoms with Crippen molar-refractivity contribution in [2.45, 2.75) is 46.2 Å². The van der Waals surface area contributed by atoms with Crippen LogP contribution in [0.3, 0.4) is 0 Å². The fraction of sp³-hybridized carbons (Fsp3) is 0.750. The predicted octanol–water partition coefficient (Wildman–Crippen LogP) is 2.08. The lowest BCUT2D eigenvalue weighted by Gasteiger charge is -2.21. The van der Waals surface area contributed by atoms with E-state index >= 15 is 0 Å². The number of nitrogens with one attached hydrogen (secondary N) is 1. The van der Waals surface area contributed by atoms with Crippen LogP contribution in [0.25, 0.3) is 0 Å². The van der Waals surface area contributed by atoms with E-state index in [-0.39, 0.29) is 0 Å². The Morgan fingerprint density at radius 2 is 2.20 bits per heavy atom. The summed E-state index contributed by atoms with van der Waals surface area (Å²) >= 11 is 0. The van der Waals surface area contributed by atoms with Gasteiger partial charge < -0.3 is 5.32 Å². The first-order chi connectivity index (χ1) is 7.21. The Labute approximate surface area is 92.9 Å². The minimum atomic E-state index is 0.606. The van der Waals surface area contributed by atoms with Gasteiger partial charge in [0.1, 0.15) is 0 Å². The average molecular weight is 209 g/mol. The summed E-state index contributed by atoms with van der Waals surface area (Å²) in [5, 5.41) is 7.66. The third kappa shape index (κ3) is 3.34. The van der Waals surface area contributed by atoms with Gasteiger partial charge in [0.05, 0.1) is 6.20 Å². The van der Waals surface area contributed by atoms with Crippen molar-refractivity contribution in [3.63, 3.8) is 0 Å². The molecular weight excluding hydrogens is 186 g/mol. The number of aryl methyl sites for hydroxylation is 1. The van der Waals surface area contributed by atoms with Crippen LogP contribution >= 0.6 is 0 Å². The van der Waals surface area contributed by atoms with Crippen LogP contribution in [-0.4, -0.2) is 22.9 Å². The Morgan fingerprint density at radius 3 is 2.67 bits per heavy atom. The second-order valence-corrected chi connectivity index (χ2v) is 4.19. The summed E-state index contributed by atoms with van der Waals surface area (Å²) in [5.74, 6) is 0.662. The molecule has 86 valence electrons. The Morgan fingerprint density at radius 1 is 1.47 bits per heavy atom. The van der Waals surface area contributed by atoms with Crippen LogP contribution in [0.1, 0.15) is 32.8 Å². The quantitative estimate of drug-likeness (QED) is 0.777. The highest BCUT2D eigenvalue weighted by atomic mass is 15.3. The van der Waals surface area contributed by atoms with E-state index in [4.69, 9.17) is 0 Å². The summed E-state index contributed by atoms with van der Waals surface area (Å²) < 4.78 is 1.99. The number of hydrogen-bond acceptors (Lipinski definition) is 2. The van der Waals surface area contributed by atoms with Gasteiger partial charge in [0.15, 0.2) is 0 Å². The van der Waals surface area contributed by atoms with Gasteiger partial charge in [-0.05, 0) is 38.3 Å². The molecule has 0 bridgehead atoms. The molecule has 2 unspecified atom stereocenters. The van der Waals surface area contributed by atoms with Crippen molar-refractivity contribution in [1.29, 1.82) is 0 Å². The zero-order valence-corrected chi connectivity index (χ0v) is 10.3. The fourth-order valence-electron chi connectivity index (χ4n) is 2.09. The van der Waals surface area contributed by atoms with Crippen molar-refractivity contribution in [3.05, 3.63) is 18.0 Å². The Balaban J connectivity index is 2.53. The van der Waals surface area contributed by atoms with Crippen LogP contribution in [0.5, 0.6) is 0 Å². The molecule has 1 aromatic heterocycles. The molecule has 0 saturated carbocycles. The normalized spacial score (nSPS) is 15.2. The summed E-state index contributed by atoms with van der Waals surface area (Å²) in [4.78, 5) is 0. The molecule has 0 amide bonds. The molecule has 0 aliphatic rings. The van der Waals surface area contributed by atoms with E-state index in [0.29, 0.717) is 12.0 Å². The predicted molar refractivity (Wildman–Crippen MR) is 63.9 cm³/mol. The minimum absolute atomic E-state index is 0.606. The van der Waals surface area contributed by atoms with Crippen molar-refractivity contribution in [3.8, 4) is 0 Å². The topological polar surface area (TPSA) is 29.9 Å². The molecule has 1 heterocycles. The Bertz CT molecular complexity index is 276. The summed E-state index contributed by atoms with van der Waals surface area (Å²) in [6, 6.07) is 0.606. The van der Waals surface area contributed by atoms with Crippen LogP contribution < -0.4 is 5.32 Å². The third-order valence-electron chi connectivity index (χ3n) is 3.07. The van der Waals surface area contributed by atoms with Gasteiger partial charge in [0.2, 0.25) is 0 Å². The number of hydrogen-bond donors (Lipinski definition) is 1. The van der Waals surface area contributed by atoms with Crippen molar-refractivity contribution in [2.24, 2.45) is 5.92 Å². The van der Waals surface area contributed by atoms with E-state index in [0.717, 1.165) is 13.0 Å². The maximum atomic E-state index is 4.29. The molecule has 0 radical (unpaired) electrons. The van der Waals surface area contributed by atoms with Gasteiger partial charge in [-0.2, -0.15) is 5.10 Å². The van der Waals surface area contributed by atoms with Crippen LogP contribution in [0.15, 0.2) is 12.4 Å². The number of nitrogens with zero attached hydrogens (tertiary/aromatic N) is 2. The van der Waals surface area contributed by atoms with Crippen LogP contribution in [-0.2, 0) is 13.0 Å². The molecule has 0 saturated heterocycles. The molecule has 0 spiro atoms. The molecule has 15 heavy (non-hydrogen) atoms. The first-order valence-electron chi connectivity index (χ1n) is 5.89. The monoisotopic (exact) mass is 209 g/mol. The molecule has 1 aromatic rings. The SMILES string of the molecule is CCC(NC)C(C)Cc1cnn(CC)c1. The van der Waals surface area contributed by atoms with Gasteiger partial charge in [0, 0.05) is 18.8 Å². The largest absolute Gasteiger partial charge is 0.317 e. The highest BCUT2D eigenvalue weighted by molar-refractivity contribution is 5.05. The van der Waals surface area contributed by atoms with Gasteiger partial charge in [0.25, 0.3) is 0 Å². The average Bonchev–Trinajstić information content (AvgIpc) is 2.67. The third-order valence-corrected chi connectivity index (χ3v) is 3.07. The lowest BCUT2D eigenvalue weighted by Crippen LogP contribution is -2.32. The summed E-state index contributed by atoms with van der Waals surface area (Å²) in [7, 11) is 2.04. The lowest BCUT2D eigenvalue weighted by molar-refractivity contribution is 0.386. The van der Waals surface area contributed by atoms with E-state index in [1.165, 1.54) is 12.0 Å². The lowest BCUT2D eigenvalue weighted by atomic mass is 9.94. The van der Waals surface area contributed by atoms with Gasteiger partial charge >= 0.3 is 0 Å². The van der Waals surface area contributed by atoms with Crippen molar-refractivity contribution in [2.75, 3.05) is 7.05 Å². The van der Waals surface area contributed by atoms with Gasteiger partial charge in [-0.25, -0.2) is 0 Å². The van der Waals surface area contributed by atoms with E-state index in [1.807, 2.05) is 17.9 Å². The Kier molecular flexibility index (Phi) is 4.82. The van der Waals surface area contributed by atoms with Crippen LogP contribution in [0.4, 0.5) is 0 Å². The second-order valence-electron chi connectivity index (χ2n) is 4.19. The molecule has 0 fully saturated rings. The smallest absolute Gasteiger partial charge is 0.0521 e. The Hall–Kier alpha value is -0.830. The van der Waals surface area contributed by atoms with Crippen LogP contribution in [0, 0.1) is 5.92 Å². The molecule has 1 N–H and O–H groups in total. The molecular formula is C12H23N3. The zero-order valence-electron chi connectivity index (χ0n) is 10.3. The van der Waals surface area contributed by atoms with Crippen molar-refractivity contribution < 1.29 is 0 Å². The number of rotatable bonds is 6. The highest BCUT2D eigenvalue weighted by Gasteiger charge is 2.14. The van der Waals surface area contributed by atoms with Gasteiger partial charge in [-0.3, -0.25) is 4.68 Å². The molecule has 0 aromatic carbocycles. The summed E-state index contributed by atoms with van der Waals surface area (Å²) in [5.41, 5.74) is 1.35. The first-order valence-corrected chi connectivity index (χ1v) is 5.89. The van der Waals surface area contributed by atoms with Crippen molar-refractivity contribution >= 4 is 0 Å². The van der Waals surface area contributed by atoms with E-state index in [1.54, 1.807) is 0 Å². The van der Waals surface area contributed by atoms with E-state index < -0.39 is 0 Å². The van der Waals surface area contributed by atoms with Gasteiger partial charge in [-0.1, -0.05) is 13.8 Å². The molecule has 3 nitrogen and oxygen atoms in total. The minimum Gasteiger partial charge on any atom is -0.317 e. The standard InChI is InChI=1S/C12H23N3/c1-5-12(13-4)10(3)7-11-8-14-15(6-2)9-11/h8-10,12-13H,5-7H2,1-4H3. The molecule has 1 rings (SSSR count). The fourth-order valence-corrected chi connectivity index (χ4v) is 2.09. The first kappa shape index (κ1) is 12.2. The van der Waals surface area contributed by atoms with Gasteiger partial charge in [-0.15, -0.1) is 0 Å². The molecule has 0 aliphatic heterocycles. The zero-order chi connectivity index (χ0) is 11.3. The summed E-state index contributed by atoms with van der Waals surface area (Å²) in [6.07, 6.45) is 6.43. The van der Waals surface area contributed by atoms with Crippen LogP contribution in [0.2, 0.25) is 0 Å². The molecule has 2 atom stereocenters. The highest BCUT2D eigenvalue weighted by Crippen LogP contribution is 2.13. The maximum absolute atomic E-state index is 4.29. The van der Waals surface area contributed by atoms with E-state index in [2.05, 4.69) is 37.4 Å². The molecule has 3 heteroatoms. The summed E-state index contributed by atoms with van der Waals surface area (Å²) in [6.45, 7) is 7.60. The van der Waals surface area contributed by atoms with E-state index in [9.17, 15) is 0 Å². The van der Waals surface area contributed by atoms with Crippen molar-refractivity contribution in [1.82, 2.24) is 15.1 Å². The maximum Gasteiger partial charge on any atom is 0.0521 e. The number of aromatic nitrogens is 2.